The molecule has 2 aromatic rings. The van der Waals surface area contributed by atoms with Crippen LogP contribution in [-0.4, -0.2) is 14.2 Å². The van der Waals surface area contributed by atoms with Gasteiger partial charge in [-0.3, -0.25) is 0 Å². The minimum atomic E-state index is -0.261. The lowest BCUT2D eigenvalue weighted by molar-refractivity contribution is 0.354. The molecule has 0 bridgehead atoms. The molecule has 1 unspecified atom stereocenters. The van der Waals surface area contributed by atoms with Crippen molar-refractivity contribution in [2.24, 2.45) is 5.73 Å². The van der Waals surface area contributed by atoms with Gasteiger partial charge in [-0.2, -0.15) is 0 Å². The number of benzene rings is 2. The summed E-state index contributed by atoms with van der Waals surface area (Å²) in [5.41, 5.74) is 8.45. The number of hydrogen-bond donors (Lipinski definition) is 1. The molecule has 0 fully saturated rings. The number of hydrogen-bond acceptors (Lipinski definition) is 3. The molecule has 0 radical (unpaired) electrons. The lowest BCUT2D eigenvalue weighted by Gasteiger charge is -2.19. The molecule has 0 saturated carbocycles. The molecule has 6 heteroatoms. The van der Waals surface area contributed by atoms with Gasteiger partial charge in [-0.25, -0.2) is 0 Å². The maximum Gasteiger partial charge on any atom is 0.161 e. The summed E-state index contributed by atoms with van der Waals surface area (Å²) in [7, 11) is 3.23. The number of nitrogens with two attached hydrogens (primary N) is 1. The standard InChI is InChI=1S/C15H14Br2INO2/c1-20-13-6-9(11(17)7-14(13)21-2)15(19)10-5-8(16)3-4-12(10)18/h3-7,15H,19H2,1-2H3. The first kappa shape index (κ1) is 17.1. The Bertz CT molecular complexity index is 664. The Morgan fingerprint density at radius 2 is 1.62 bits per heavy atom. The van der Waals surface area contributed by atoms with Gasteiger partial charge in [0.2, 0.25) is 0 Å². The largest absolute Gasteiger partial charge is 0.493 e. The van der Waals surface area contributed by atoms with E-state index in [9.17, 15) is 0 Å². The van der Waals surface area contributed by atoms with Crippen LogP contribution in [0.25, 0.3) is 0 Å². The fourth-order valence-electron chi connectivity index (χ4n) is 2.03. The smallest absolute Gasteiger partial charge is 0.161 e. The molecule has 3 nitrogen and oxygen atoms in total. The summed E-state index contributed by atoms with van der Waals surface area (Å²) in [6.07, 6.45) is 0. The van der Waals surface area contributed by atoms with Gasteiger partial charge in [0.05, 0.1) is 20.3 Å². The zero-order valence-electron chi connectivity index (χ0n) is 11.5. The molecule has 2 rings (SSSR count). The van der Waals surface area contributed by atoms with Crippen molar-refractivity contribution in [2.75, 3.05) is 14.2 Å². The third-order valence-corrected chi connectivity index (χ3v) is 5.29. The molecule has 0 aliphatic heterocycles. The Morgan fingerprint density at radius 1 is 1.00 bits per heavy atom. The first-order valence-corrected chi connectivity index (χ1v) is 8.76. The Balaban J connectivity index is 2.52. The lowest BCUT2D eigenvalue weighted by atomic mass is 9.99. The summed E-state index contributed by atoms with van der Waals surface area (Å²) in [5, 5.41) is 0. The van der Waals surface area contributed by atoms with Crippen LogP contribution in [0, 0.1) is 3.57 Å². The molecule has 2 aromatic carbocycles. The second kappa shape index (κ2) is 7.30. The van der Waals surface area contributed by atoms with Crippen molar-refractivity contribution in [2.45, 2.75) is 6.04 Å². The summed E-state index contributed by atoms with van der Waals surface area (Å²) >= 11 is 9.34. The second-order valence-corrected chi connectivity index (χ2v) is 7.30. The van der Waals surface area contributed by atoms with Gasteiger partial charge in [0.25, 0.3) is 0 Å². The van der Waals surface area contributed by atoms with Crippen LogP contribution in [0.15, 0.2) is 39.3 Å². The van der Waals surface area contributed by atoms with Crippen LogP contribution in [0.1, 0.15) is 17.2 Å². The average molecular weight is 527 g/mol. The van der Waals surface area contributed by atoms with Gasteiger partial charge in [-0.15, -0.1) is 0 Å². The second-order valence-electron chi connectivity index (χ2n) is 4.37. The van der Waals surface area contributed by atoms with E-state index in [0.717, 1.165) is 23.6 Å². The van der Waals surface area contributed by atoms with Gasteiger partial charge in [-0.05, 0) is 64.0 Å². The molecule has 0 saturated heterocycles. The molecule has 2 N–H and O–H groups in total. The van der Waals surface area contributed by atoms with Gasteiger partial charge < -0.3 is 15.2 Å². The fraction of sp³-hybridized carbons (Fsp3) is 0.200. The van der Waals surface area contributed by atoms with Crippen LogP contribution in [0.4, 0.5) is 0 Å². The van der Waals surface area contributed by atoms with Gasteiger partial charge in [0.1, 0.15) is 0 Å². The van der Waals surface area contributed by atoms with E-state index in [1.54, 1.807) is 14.2 Å². The van der Waals surface area contributed by atoms with Crippen molar-refractivity contribution < 1.29 is 9.47 Å². The van der Waals surface area contributed by atoms with Gasteiger partial charge >= 0.3 is 0 Å². The molecule has 0 aromatic heterocycles. The van der Waals surface area contributed by atoms with E-state index in [-0.39, 0.29) is 6.04 Å². The van der Waals surface area contributed by atoms with Crippen LogP contribution in [0.3, 0.4) is 0 Å². The van der Waals surface area contributed by atoms with E-state index in [0.29, 0.717) is 11.5 Å². The van der Waals surface area contributed by atoms with Crippen molar-refractivity contribution in [3.63, 3.8) is 0 Å². The predicted octanol–water partition coefficient (Wildman–Crippen LogP) is 4.88. The van der Waals surface area contributed by atoms with Crippen molar-refractivity contribution in [3.8, 4) is 11.5 Å². The Kier molecular flexibility index (Phi) is 5.93. The van der Waals surface area contributed by atoms with Crippen LogP contribution in [-0.2, 0) is 0 Å². The third-order valence-electron chi connectivity index (χ3n) is 3.13. The zero-order chi connectivity index (χ0) is 15.6. The summed E-state index contributed by atoms with van der Waals surface area (Å²) in [6, 6.07) is 9.60. The van der Waals surface area contributed by atoms with Crippen LogP contribution < -0.4 is 15.2 Å². The highest BCUT2D eigenvalue weighted by Crippen LogP contribution is 2.38. The molecule has 0 aliphatic carbocycles. The molecule has 112 valence electrons. The van der Waals surface area contributed by atoms with Crippen LogP contribution >= 0.6 is 54.5 Å². The van der Waals surface area contributed by atoms with E-state index >= 15 is 0 Å². The van der Waals surface area contributed by atoms with Gasteiger partial charge in [0.15, 0.2) is 11.5 Å². The molecule has 0 spiro atoms. The molecular formula is C15H14Br2INO2. The number of methoxy groups -OCH3 is 2. The maximum atomic E-state index is 6.45. The monoisotopic (exact) mass is 525 g/mol. The number of ether oxygens (including phenoxy) is 2. The Hall–Kier alpha value is -0.310. The van der Waals surface area contributed by atoms with E-state index in [4.69, 9.17) is 15.2 Å². The maximum absolute atomic E-state index is 6.45. The predicted molar refractivity (Wildman–Crippen MR) is 100 cm³/mol. The summed E-state index contributed by atoms with van der Waals surface area (Å²) in [5.74, 6) is 1.33. The minimum Gasteiger partial charge on any atom is -0.493 e. The van der Waals surface area contributed by atoms with Gasteiger partial charge in [-0.1, -0.05) is 31.9 Å². The normalized spacial score (nSPS) is 12.1. The highest BCUT2D eigenvalue weighted by atomic mass is 127. The van der Waals surface area contributed by atoms with Crippen molar-refractivity contribution in [3.05, 3.63) is 54.0 Å². The molecule has 21 heavy (non-hydrogen) atoms. The highest BCUT2D eigenvalue weighted by Gasteiger charge is 2.18. The first-order valence-electron chi connectivity index (χ1n) is 6.10. The SMILES string of the molecule is COc1cc(Br)c(C(N)c2cc(Br)ccc2I)cc1OC. The van der Waals surface area contributed by atoms with E-state index in [2.05, 4.69) is 54.5 Å². The summed E-state index contributed by atoms with van der Waals surface area (Å²) < 4.78 is 13.7. The first-order chi connectivity index (χ1) is 9.97. The fourth-order valence-corrected chi connectivity index (χ4v) is 3.65. The summed E-state index contributed by atoms with van der Waals surface area (Å²) in [4.78, 5) is 0. The van der Waals surface area contributed by atoms with Crippen LogP contribution in [0.2, 0.25) is 0 Å². The number of rotatable bonds is 4. The zero-order valence-corrected chi connectivity index (χ0v) is 16.8. The number of halogens is 3. The topological polar surface area (TPSA) is 44.5 Å². The molecule has 0 amide bonds. The Labute approximate surface area is 154 Å². The molecular weight excluding hydrogens is 513 g/mol. The van der Waals surface area contributed by atoms with Gasteiger partial charge in [0, 0.05) is 12.5 Å². The van der Waals surface area contributed by atoms with E-state index in [1.807, 2.05) is 30.3 Å². The summed E-state index contributed by atoms with van der Waals surface area (Å²) in [6.45, 7) is 0. The van der Waals surface area contributed by atoms with Crippen molar-refractivity contribution in [1.82, 2.24) is 0 Å². The molecule has 1 atom stereocenters. The minimum absolute atomic E-state index is 0.261. The molecule has 0 heterocycles. The third kappa shape index (κ3) is 3.72. The van der Waals surface area contributed by atoms with E-state index < -0.39 is 0 Å². The van der Waals surface area contributed by atoms with Crippen LogP contribution in [0.5, 0.6) is 11.5 Å². The quantitative estimate of drug-likeness (QED) is 0.578. The highest BCUT2D eigenvalue weighted by molar-refractivity contribution is 14.1. The Morgan fingerprint density at radius 3 is 2.24 bits per heavy atom. The average Bonchev–Trinajstić information content (AvgIpc) is 2.48. The van der Waals surface area contributed by atoms with Crippen molar-refractivity contribution in [1.29, 1.82) is 0 Å². The lowest BCUT2D eigenvalue weighted by Crippen LogP contribution is -2.14. The molecule has 0 aliphatic rings. The van der Waals surface area contributed by atoms with E-state index in [1.165, 1.54) is 0 Å². The van der Waals surface area contributed by atoms with Crippen molar-refractivity contribution >= 4 is 54.5 Å².